The third-order valence-corrected chi connectivity index (χ3v) is 1.76. The molecular formula is C7H9IO. The number of hydrogen-bond donors (Lipinski definition) is 0. The summed E-state index contributed by atoms with van der Waals surface area (Å²) >= 11 is 2.17. The second-order valence-corrected chi connectivity index (χ2v) is 2.93. The summed E-state index contributed by atoms with van der Waals surface area (Å²) in [5, 5.41) is 0. The predicted octanol–water partition coefficient (Wildman–Crippen LogP) is 2.47. The number of hydrogen-bond acceptors (Lipinski definition) is 1. The predicted molar refractivity (Wildman–Crippen MR) is 47.6 cm³/mol. The Morgan fingerprint density at radius 1 is 1.56 bits per heavy atom. The van der Waals surface area contributed by atoms with E-state index in [-0.39, 0.29) is 0 Å². The standard InChI is InChI=1S/C7H9IO/c1-3-7(8)4-6(2)5-9/h3-5H,1-2H3/b6-4+,7-3+. The molecule has 0 fully saturated rings. The normalized spacial score (nSPS) is 13.7. The van der Waals surface area contributed by atoms with Crippen LogP contribution in [0.25, 0.3) is 0 Å². The van der Waals surface area contributed by atoms with Crippen molar-refractivity contribution < 1.29 is 4.79 Å². The lowest BCUT2D eigenvalue weighted by molar-refractivity contribution is -0.104. The highest BCUT2D eigenvalue weighted by atomic mass is 127. The van der Waals surface area contributed by atoms with Gasteiger partial charge in [-0.2, -0.15) is 0 Å². The van der Waals surface area contributed by atoms with Gasteiger partial charge < -0.3 is 0 Å². The van der Waals surface area contributed by atoms with Crippen LogP contribution in [0.15, 0.2) is 21.3 Å². The Morgan fingerprint density at radius 3 is 2.44 bits per heavy atom. The highest BCUT2D eigenvalue weighted by Gasteiger charge is 1.84. The summed E-state index contributed by atoms with van der Waals surface area (Å²) < 4.78 is 1.09. The van der Waals surface area contributed by atoms with Crippen LogP contribution in [-0.4, -0.2) is 6.29 Å². The first-order chi connectivity index (χ1) is 4.20. The zero-order chi connectivity index (χ0) is 7.28. The molecule has 0 aromatic rings. The molecule has 9 heavy (non-hydrogen) atoms. The molecule has 0 saturated heterocycles. The summed E-state index contributed by atoms with van der Waals surface area (Å²) in [5.41, 5.74) is 0.762. The fraction of sp³-hybridized carbons (Fsp3) is 0.286. The van der Waals surface area contributed by atoms with Crippen molar-refractivity contribution in [1.82, 2.24) is 0 Å². The number of aldehydes is 1. The molecule has 0 aromatic carbocycles. The van der Waals surface area contributed by atoms with Crippen LogP contribution < -0.4 is 0 Å². The van der Waals surface area contributed by atoms with Crippen molar-refractivity contribution in [1.29, 1.82) is 0 Å². The topological polar surface area (TPSA) is 17.1 Å². The van der Waals surface area contributed by atoms with E-state index < -0.39 is 0 Å². The van der Waals surface area contributed by atoms with Gasteiger partial charge in [0, 0.05) is 3.58 Å². The van der Waals surface area contributed by atoms with Crippen LogP contribution in [0.2, 0.25) is 0 Å². The average molecular weight is 236 g/mol. The average Bonchev–Trinajstić information content (AvgIpc) is 1.87. The third-order valence-electron chi connectivity index (χ3n) is 0.827. The van der Waals surface area contributed by atoms with Gasteiger partial charge in [0.05, 0.1) is 0 Å². The summed E-state index contributed by atoms with van der Waals surface area (Å²) in [7, 11) is 0. The van der Waals surface area contributed by atoms with E-state index in [9.17, 15) is 4.79 Å². The summed E-state index contributed by atoms with van der Waals surface area (Å²) in [6.07, 6.45) is 4.64. The molecule has 0 aliphatic rings. The van der Waals surface area contributed by atoms with Crippen LogP contribution in [0.5, 0.6) is 0 Å². The molecule has 50 valence electrons. The zero-order valence-electron chi connectivity index (χ0n) is 5.52. The number of rotatable bonds is 2. The molecule has 0 rings (SSSR count). The van der Waals surface area contributed by atoms with Gasteiger partial charge in [0.15, 0.2) is 0 Å². The van der Waals surface area contributed by atoms with Crippen molar-refractivity contribution in [2.24, 2.45) is 0 Å². The van der Waals surface area contributed by atoms with E-state index in [0.29, 0.717) is 0 Å². The van der Waals surface area contributed by atoms with Crippen LogP contribution in [0.1, 0.15) is 13.8 Å². The highest BCUT2D eigenvalue weighted by Crippen LogP contribution is 2.08. The van der Waals surface area contributed by atoms with Crippen molar-refractivity contribution in [2.75, 3.05) is 0 Å². The fourth-order valence-electron chi connectivity index (χ4n) is 0.335. The van der Waals surface area contributed by atoms with Gasteiger partial charge in [0.25, 0.3) is 0 Å². The van der Waals surface area contributed by atoms with Gasteiger partial charge in [-0.15, -0.1) is 0 Å². The molecule has 0 atom stereocenters. The first kappa shape index (κ1) is 8.88. The Hall–Kier alpha value is -0.120. The largest absolute Gasteiger partial charge is 0.298 e. The molecule has 0 saturated carbocycles. The number of carbonyl (C=O) groups excluding carboxylic acids is 1. The summed E-state index contributed by atoms with van der Waals surface area (Å²) in [6, 6.07) is 0. The Kier molecular flexibility index (Phi) is 4.67. The monoisotopic (exact) mass is 236 g/mol. The number of allylic oxidation sites excluding steroid dienone is 4. The van der Waals surface area contributed by atoms with Crippen molar-refractivity contribution >= 4 is 28.9 Å². The Morgan fingerprint density at radius 2 is 2.11 bits per heavy atom. The summed E-state index contributed by atoms with van der Waals surface area (Å²) in [5.74, 6) is 0. The molecule has 0 unspecified atom stereocenters. The van der Waals surface area contributed by atoms with Gasteiger partial charge in [-0.25, -0.2) is 0 Å². The molecule has 2 heteroatoms. The Labute approximate surface area is 69.0 Å². The third kappa shape index (κ3) is 4.39. The lowest BCUT2D eigenvalue weighted by Crippen LogP contribution is -1.74. The van der Waals surface area contributed by atoms with Gasteiger partial charge in [0.1, 0.15) is 6.29 Å². The maximum Gasteiger partial charge on any atom is 0.145 e. The fourth-order valence-corrected chi connectivity index (χ4v) is 0.826. The molecule has 0 spiro atoms. The summed E-state index contributed by atoms with van der Waals surface area (Å²) in [6.45, 7) is 3.73. The van der Waals surface area contributed by atoms with Crippen molar-refractivity contribution in [2.45, 2.75) is 13.8 Å². The van der Waals surface area contributed by atoms with Crippen LogP contribution in [0.3, 0.4) is 0 Å². The SMILES string of the molecule is C/C=C(I)\C=C(/C)C=O. The molecule has 0 amide bonds. The van der Waals surface area contributed by atoms with Crippen LogP contribution in [0.4, 0.5) is 0 Å². The second kappa shape index (κ2) is 4.73. The lowest BCUT2D eigenvalue weighted by atomic mass is 10.3. The lowest BCUT2D eigenvalue weighted by Gasteiger charge is -1.86. The van der Waals surface area contributed by atoms with E-state index in [4.69, 9.17) is 0 Å². The van der Waals surface area contributed by atoms with Crippen LogP contribution in [0, 0.1) is 0 Å². The van der Waals surface area contributed by atoms with Gasteiger partial charge in [0.2, 0.25) is 0 Å². The first-order valence-corrected chi connectivity index (χ1v) is 3.74. The van der Waals surface area contributed by atoms with Crippen molar-refractivity contribution in [3.8, 4) is 0 Å². The van der Waals surface area contributed by atoms with Gasteiger partial charge in [-0.05, 0) is 48.1 Å². The van der Waals surface area contributed by atoms with Gasteiger partial charge in [-0.3, -0.25) is 4.79 Å². The molecule has 0 heterocycles. The molecule has 0 N–H and O–H groups in total. The first-order valence-electron chi connectivity index (χ1n) is 2.66. The minimum atomic E-state index is 0.762. The highest BCUT2D eigenvalue weighted by molar-refractivity contribution is 14.1. The van der Waals surface area contributed by atoms with Crippen molar-refractivity contribution in [3.63, 3.8) is 0 Å². The van der Waals surface area contributed by atoms with E-state index in [1.807, 2.05) is 19.1 Å². The van der Waals surface area contributed by atoms with Crippen molar-refractivity contribution in [3.05, 3.63) is 21.3 Å². The quantitative estimate of drug-likeness (QED) is 0.311. The molecule has 1 nitrogen and oxygen atoms in total. The smallest absolute Gasteiger partial charge is 0.145 e. The minimum Gasteiger partial charge on any atom is -0.298 e. The van der Waals surface area contributed by atoms with E-state index in [1.54, 1.807) is 6.92 Å². The van der Waals surface area contributed by atoms with Crippen LogP contribution >= 0.6 is 22.6 Å². The van der Waals surface area contributed by atoms with Gasteiger partial charge >= 0.3 is 0 Å². The zero-order valence-corrected chi connectivity index (χ0v) is 7.68. The second-order valence-electron chi connectivity index (χ2n) is 1.68. The number of halogens is 1. The Balaban J connectivity index is 4.11. The Bertz CT molecular complexity index is 156. The van der Waals surface area contributed by atoms with E-state index >= 15 is 0 Å². The maximum absolute atomic E-state index is 10.1. The van der Waals surface area contributed by atoms with E-state index in [1.165, 1.54) is 0 Å². The molecule has 0 aliphatic heterocycles. The maximum atomic E-state index is 10.1. The van der Waals surface area contributed by atoms with E-state index in [0.717, 1.165) is 15.4 Å². The van der Waals surface area contributed by atoms with Crippen LogP contribution in [-0.2, 0) is 4.79 Å². The number of carbonyl (C=O) groups is 1. The minimum absolute atomic E-state index is 0.762. The van der Waals surface area contributed by atoms with E-state index in [2.05, 4.69) is 22.6 Å². The molecular weight excluding hydrogens is 227 g/mol. The molecule has 0 aromatic heterocycles. The molecule has 0 bridgehead atoms. The molecule has 0 radical (unpaired) electrons. The van der Waals surface area contributed by atoms with Gasteiger partial charge in [-0.1, -0.05) is 6.08 Å². The molecule has 0 aliphatic carbocycles. The summed E-state index contributed by atoms with van der Waals surface area (Å²) in [4.78, 5) is 10.1.